The van der Waals surface area contributed by atoms with E-state index in [0.29, 0.717) is 19.0 Å². The number of pyridine rings is 1. The molecule has 2 rings (SSSR count). The predicted octanol–water partition coefficient (Wildman–Crippen LogP) is 2.30. The Morgan fingerprint density at radius 3 is 2.95 bits per heavy atom. The number of aromatic nitrogens is 1. The molecule has 19 heavy (non-hydrogen) atoms. The van der Waals surface area contributed by atoms with Crippen molar-refractivity contribution in [1.29, 1.82) is 0 Å². The number of hydrogen-bond donors (Lipinski definition) is 1. The number of rotatable bonds is 7. The third-order valence-corrected chi connectivity index (χ3v) is 3.23. The Hall–Kier alpha value is -1.33. The van der Waals surface area contributed by atoms with E-state index in [-0.39, 0.29) is 10.7 Å². The number of carboxylic acids is 1. The monoisotopic (exact) mass is 284 g/mol. The molecule has 1 aromatic heterocycles. The van der Waals surface area contributed by atoms with Gasteiger partial charge in [0.25, 0.3) is 0 Å². The summed E-state index contributed by atoms with van der Waals surface area (Å²) in [6.45, 7) is 2.07. The van der Waals surface area contributed by atoms with Crippen LogP contribution in [-0.4, -0.2) is 42.9 Å². The van der Waals surface area contributed by atoms with Crippen LogP contribution in [0.15, 0.2) is 12.1 Å². The van der Waals surface area contributed by atoms with Crippen molar-refractivity contribution in [2.75, 3.05) is 31.7 Å². The van der Waals surface area contributed by atoms with Crippen molar-refractivity contribution in [1.82, 2.24) is 4.98 Å². The average Bonchev–Trinajstić information content (AvgIpc) is 3.17. The van der Waals surface area contributed by atoms with Gasteiger partial charge in [-0.2, -0.15) is 0 Å². The number of hydrogen-bond acceptors (Lipinski definition) is 4. The largest absolute Gasteiger partial charge is 0.478 e. The van der Waals surface area contributed by atoms with Crippen LogP contribution in [0.1, 0.15) is 23.2 Å². The minimum atomic E-state index is -1.01. The van der Waals surface area contributed by atoms with Gasteiger partial charge in [-0.3, -0.25) is 0 Å². The molecule has 1 fully saturated rings. The van der Waals surface area contributed by atoms with Gasteiger partial charge < -0.3 is 14.7 Å². The summed E-state index contributed by atoms with van der Waals surface area (Å²) in [6, 6.07) is 2.85. The molecule has 1 aliphatic rings. The van der Waals surface area contributed by atoms with E-state index in [4.69, 9.17) is 21.4 Å². The minimum absolute atomic E-state index is 0.140. The molecule has 0 radical (unpaired) electrons. The Morgan fingerprint density at radius 2 is 2.32 bits per heavy atom. The first kappa shape index (κ1) is 14.1. The summed E-state index contributed by atoms with van der Waals surface area (Å²) >= 11 is 5.82. The number of carboxylic acid groups (broad SMARTS) is 1. The molecule has 0 spiro atoms. The molecule has 0 saturated heterocycles. The van der Waals surface area contributed by atoms with Crippen LogP contribution in [0, 0.1) is 5.92 Å². The highest BCUT2D eigenvalue weighted by Gasteiger charge is 2.21. The average molecular weight is 285 g/mol. The highest BCUT2D eigenvalue weighted by molar-refractivity contribution is 6.29. The molecule has 0 aliphatic heterocycles. The molecule has 104 valence electrons. The summed E-state index contributed by atoms with van der Waals surface area (Å²) in [4.78, 5) is 16.9. The first-order chi connectivity index (χ1) is 9.06. The molecule has 6 heteroatoms. The first-order valence-electron chi connectivity index (χ1n) is 6.26. The number of aromatic carboxylic acids is 1. The third-order valence-electron chi connectivity index (χ3n) is 3.04. The van der Waals surface area contributed by atoms with E-state index in [9.17, 15) is 4.79 Å². The normalized spacial score (nSPS) is 14.4. The maximum Gasteiger partial charge on any atom is 0.335 e. The van der Waals surface area contributed by atoms with Crippen molar-refractivity contribution in [3.63, 3.8) is 0 Å². The standard InChI is InChI=1S/C13H17ClN2O3/c1-16(4-5-19-8-9-2-3-9)12-7-10(13(17)18)6-11(14)15-12/h6-7,9H,2-5,8H2,1H3,(H,17,18). The number of nitrogens with zero attached hydrogens (tertiary/aromatic N) is 2. The molecule has 1 saturated carbocycles. The highest BCUT2D eigenvalue weighted by Crippen LogP contribution is 2.28. The van der Waals surface area contributed by atoms with Gasteiger partial charge in [-0.15, -0.1) is 0 Å². The second-order valence-electron chi connectivity index (χ2n) is 4.78. The quantitative estimate of drug-likeness (QED) is 0.615. The highest BCUT2D eigenvalue weighted by atomic mass is 35.5. The minimum Gasteiger partial charge on any atom is -0.478 e. The first-order valence-corrected chi connectivity index (χ1v) is 6.64. The summed E-state index contributed by atoms with van der Waals surface area (Å²) in [6.07, 6.45) is 2.54. The zero-order chi connectivity index (χ0) is 13.8. The maximum absolute atomic E-state index is 10.9. The van der Waals surface area contributed by atoms with Gasteiger partial charge in [0.05, 0.1) is 12.2 Å². The number of anilines is 1. The SMILES string of the molecule is CN(CCOCC1CC1)c1cc(C(=O)O)cc(Cl)n1. The lowest BCUT2D eigenvalue weighted by molar-refractivity contribution is 0.0697. The van der Waals surface area contributed by atoms with Crippen molar-refractivity contribution in [2.45, 2.75) is 12.8 Å². The fraction of sp³-hybridized carbons (Fsp3) is 0.538. The summed E-state index contributed by atoms with van der Waals surface area (Å²) in [7, 11) is 1.84. The molecule has 0 aromatic carbocycles. The molecule has 0 amide bonds. The maximum atomic E-state index is 10.9. The molecule has 0 bridgehead atoms. The van der Waals surface area contributed by atoms with Crippen molar-refractivity contribution in [3.8, 4) is 0 Å². The van der Waals surface area contributed by atoms with Gasteiger partial charge in [-0.1, -0.05) is 11.6 Å². The second-order valence-corrected chi connectivity index (χ2v) is 5.17. The van der Waals surface area contributed by atoms with Crippen LogP contribution in [0.5, 0.6) is 0 Å². The fourth-order valence-electron chi connectivity index (χ4n) is 1.65. The Bertz CT molecular complexity index is 463. The van der Waals surface area contributed by atoms with Gasteiger partial charge in [0.15, 0.2) is 0 Å². The van der Waals surface area contributed by atoms with E-state index >= 15 is 0 Å². The summed E-state index contributed by atoms with van der Waals surface area (Å²) in [5, 5.41) is 9.15. The topological polar surface area (TPSA) is 62.7 Å². The lowest BCUT2D eigenvalue weighted by atomic mass is 10.2. The van der Waals surface area contributed by atoms with E-state index in [2.05, 4.69) is 4.98 Å². The Kier molecular flexibility index (Phi) is 4.61. The fourth-order valence-corrected chi connectivity index (χ4v) is 1.86. The van der Waals surface area contributed by atoms with Crippen LogP contribution < -0.4 is 4.90 Å². The van der Waals surface area contributed by atoms with E-state index in [0.717, 1.165) is 12.5 Å². The summed E-state index contributed by atoms with van der Waals surface area (Å²) in [5.41, 5.74) is 0.140. The van der Waals surface area contributed by atoms with E-state index < -0.39 is 5.97 Å². The predicted molar refractivity (Wildman–Crippen MR) is 73.0 cm³/mol. The Morgan fingerprint density at radius 1 is 1.58 bits per heavy atom. The van der Waals surface area contributed by atoms with Crippen molar-refractivity contribution < 1.29 is 14.6 Å². The van der Waals surface area contributed by atoms with Gasteiger partial charge in [-0.05, 0) is 30.9 Å². The lowest BCUT2D eigenvalue weighted by Gasteiger charge is -2.18. The molecular formula is C13H17ClN2O3. The zero-order valence-electron chi connectivity index (χ0n) is 10.8. The molecule has 0 atom stereocenters. The van der Waals surface area contributed by atoms with Crippen LogP contribution >= 0.6 is 11.6 Å². The van der Waals surface area contributed by atoms with Crippen LogP contribution in [0.3, 0.4) is 0 Å². The molecule has 0 unspecified atom stereocenters. The Balaban J connectivity index is 1.89. The van der Waals surface area contributed by atoms with E-state index in [1.807, 2.05) is 11.9 Å². The smallest absolute Gasteiger partial charge is 0.335 e. The van der Waals surface area contributed by atoms with Crippen molar-refractivity contribution >= 4 is 23.4 Å². The molecule has 1 aliphatic carbocycles. The lowest BCUT2D eigenvalue weighted by Crippen LogP contribution is -2.24. The van der Waals surface area contributed by atoms with Gasteiger partial charge in [0, 0.05) is 20.2 Å². The van der Waals surface area contributed by atoms with Gasteiger partial charge in [-0.25, -0.2) is 9.78 Å². The number of likely N-dealkylation sites (N-methyl/N-ethyl adjacent to an activating group) is 1. The summed E-state index contributed by atoms with van der Waals surface area (Å²) < 4.78 is 5.54. The molecular weight excluding hydrogens is 268 g/mol. The van der Waals surface area contributed by atoms with Crippen LogP contribution in [0.2, 0.25) is 5.15 Å². The van der Waals surface area contributed by atoms with Crippen molar-refractivity contribution in [3.05, 3.63) is 22.8 Å². The molecule has 1 aromatic rings. The van der Waals surface area contributed by atoms with Crippen molar-refractivity contribution in [2.24, 2.45) is 5.92 Å². The van der Waals surface area contributed by atoms with Gasteiger partial charge in [0.2, 0.25) is 0 Å². The number of ether oxygens (including phenoxy) is 1. The number of carbonyl (C=O) groups is 1. The summed E-state index contributed by atoms with van der Waals surface area (Å²) in [5.74, 6) is 0.275. The molecule has 1 heterocycles. The Labute approximate surface area is 117 Å². The van der Waals surface area contributed by atoms with Crippen LogP contribution in [-0.2, 0) is 4.74 Å². The second kappa shape index (κ2) is 6.21. The van der Waals surface area contributed by atoms with Crippen LogP contribution in [0.4, 0.5) is 5.82 Å². The molecule has 1 N–H and O–H groups in total. The van der Waals surface area contributed by atoms with Gasteiger partial charge in [0.1, 0.15) is 11.0 Å². The third kappa shape index (κ3) is 4.36. The molecule has 5 nitrogen and oxygen atoms in total. The zero-order valence-corrected chi connectivity index (χ0v) is 11.6. The van der Waals surface area contributed by atoms with Crippen LogP contribution in [0.25, 0.3) is 0 Å². The number of halogens is 1. The van der Waals surface area contributed by atoms with E-state index in [1.54, 1.807) is 0 Å². The van der Waals surface area contributed by atoms with E-state index in [1.165, 1.54) is 25.0 Å². The van der Waals surface area contributed by atoms with Gasteiger partial charge >= 0.3 is 5.97 Å².